The summed E-state index contributed by atoms with van der Waals surface area (Å²) >= 11 is 12.7. The highest BCUT2D eigenvalue weighted by Gasteiger charge is 2.22. The number of methoxy groups -OCH3 is 1. The number of para-hydroxylation sites is 1. The van der Waals surface area contributed by atoms with Gasteiger partial charge in [0.15, 0.2) is 0 Å². The average Bonchev–Trinajstić information content (AvgIpc) is 2.85. The minimum atomic E-state index is 0.625. The minimum Gasteiger partial charge on any atom is -0.496 e. The highest BCUT2D eigenvalue weighted by molar-refractivity contribution is 6.34. The maximum atomic E-state index is 6.46. The molecule has 0 bridgehead atoms. The molecule has 0 amide bonds. The van der Waals surface area contributed by atoms with Gasteiger partial charge in [0.1, 0.15) is 11.6 Å². The molecule has 6 heteroatoms. The number of rotatable bonds is 4. The van der Waals surface area contributed by atoms with Crippen molar-refractivity contribution in [1.82, 2.24) is 9.78 Å². The number of aromatic nitrogens is 2. The molecule has 1 N–H and O–H groups in total. The lowest BCUT2D eigenvalue weighted by atomic mass is 10.0. The van der Waals surface area contributed by atoms with Crippen LogP contribution in [0, 0.1) is 0 Å². The predicted octanol–water partition coefficient (Wildman–Crippen LogP) is 5.53. The molecule has 3 aromatic rings. The second kappa shape index (κ2) is 7.83. The van der Waals surface area contributed by atoms with E-state index in [-0.39, 0.29) is 0 Å². The second-order valence-electron chi connectivity index (χ2n) is 6.65. The Balaban J connectivity index is 1.83. The van der Waals surface area contributed by atoms with Crippen molar-refractivity contribution in [3.8, 4) is 11.4 Å². The van der Waals surface area contributed by atoms with Crippen molar-refractivity contribution >= 4 is 29.0 Å². The maximum Gasteiger partial charge on any atom is 0.133 e. The zero-order valence-corrected chi connectivity index (χ0v) is 16.6. The number of nitrogens with one attached hydrogen (secondary N) is 1. The smallest absolute Gasteiger partial charge is 0.133 e. The number of halogens is 2. The Kier molecular flexibility index (Phi) is 5.28. The molecule has 1 aromatic heterocycles. The highest BCUT2D eigenvalue weighted by Crippen LogP contribution is 2.34. The molecule has 27 heavy (non-hydrogen) atoms. The Morgan fingerprint density at radius 3 is 2.85 bits per heavy atom. The van der Waals surface area contributed by atoms with Crippen LogP contribution in [0.2, 0.25) is 10.0 Å². The van der Waals surface area contributed by atoms with Gasteiger partial charge < -0.3 is 10.1 Å². The molecular weight excluding hydrogens is 381 g/mol. The van der Waals surface area contributed by atoms with Crippen LogP contribution in [0.25, 0.3) is 5.69 Å². The van der Waals surface area contributed by atoms with Crippen LogP contribution in [0.4, 0.5) is 5.82 Å². The predicted molar refractivity (Wildman–Crippen MR) is 111 cm³/mol. The number of hydrogen-bond acceptors (Lipinski definition) is 3. The molecule has 0 atom stereocenters. The zero-order chi connectivity index (χ0) is 18.8. The Hall–Kier alpha value is -2.17. The van der Waals surface area contributed by atoms with Crippen molar-refractivity contribution in [2.75, 3.05) is 19.0 Å². The van der Waals surface area contributed by atoms with Gasteiger partial charge in [-0.25, -0.2) is 4.68 Å². The van der Waals surface area contributed by atoms with Gasteiger partial charge in [-0.1, -0.05) is 41.4 Å². The van der Waals surface area contributed by atoms with E-state index in [1.54, 1.807) is 13.2 Å². The summed E-state index contributed by atoms with van der Waals surface area (Å²) in [6.45, 7) is 0.922. The molecule has 1 aliphatic heterocycles. The van der Waals surface area contributed by atoms with E-state index < -0.39 is 0 Å². The molecule has 0 fully saturated rings. The van der Waals surface area contributed by atoms with Crippen LogP contribution in [0.3, 0.4) is 0 Å². The van der Waals surface area contributed by atoms with E-state index in [9.17, 15) is 0 Å². The van der Waals surface area contributed by atoms with Crippen molar-refractivity contribution in [3.63, 3.8) is 0 Å². The Morgan fingerprint density at radius 2 is 2.00 bits per heavy atom. The van der Waals surface area contributed by atoms with Gasteiger partial charge >= 0.3 is 0 Å². The van der Waals surface area contributed by atoms with Crippen molar-refractivity contribution < 1.29 is 4.74 Å². The third-order valence-electron chi connectivity index (χ3n) is 4.90. The van der Waals surface area contributed by atoms with Gasteiger partial charge in [0, 0.05) is 29.1 Å². The lowest BCUT2D eigenvalue weighted by molar-refractivity contribution is 0.410. The molecule has 0 aliphatic carbocycles. The van der Waals surface area contributed by atoms with Crippen molar-refractivity contribution in [1.29, 1.82) is 0 Å². The third-order valence-corrected chi connectivity index (χ3v) is 5.45. The number of anilines is 1. The largest absolute Gasteiger partial charge is 0.496 e. The molecule has 0 saturated heterocycles. The summed E-state index contributed by atoms with van der Waals surface area (Å²) < 4.78 is 7.43. The summed E-state index contributed by atoms with van der Waals surface area (Å²) in [6.07, 6.45) is 3.96. The molecule has 4 rings (SSSR count). The topological polar surface area (TPSA) is 39.1 Å². The fourth-order valence-electron chi connectivity index (χ4n) is 3.57. The fraction of sp³-hybridized carbons (Fsp3) is 0.286. The summed E-state index contributed by atoms with van der Waals surface area (Å²) in [5.41, 5.74) is 4.20. The van der Waals surface area contributed by atoms with Crippen molar-refractivity contribution in [3.05, 3.63) is 69.3 Å². The van der Waals surface area contributed by atoms with Gasteiger partial charge in [-0.2, -0.15) is 5.10 Å². The molecule has 2 aromatic carbocycles. The van der Waals surface area contributed by atoms with Gasteiger partial charge in [-0.15, -0.1) is 0 Å². The molecule has 140 valence electrons. The average molecular weight is 402 g/mol. The number of hydrogen-bond donors (Lipinski definition) is 1. The van der Waals surface area contributed by atoms with Gasteiger partial charge in [-0.05, 0) is 43.5 Å². The summed E-state index contributed by atoms with van der Waals surface area (Å²) in [4.78, 5) is 0. The lowest BCUT2D eigenvalue weighted by Gasteiger charge is -2.11. The molecule has 1 aliphatic rings. The zero-order valence-electron chi connectivity index (χ0n) is 15.1. The van der Waals surface area contributed by atoms with Crippen LogP contribution < -0.4 is 10.1 Å². The van der Waals surface area contributed by atoms with Gasteiger partial charge in [-0.3, -0.25) is 0 Å². The molecule has 4 nitrogen and oxygen atoms in total. The minimum absolute atomic E-state index is 0.625. The first-order valence-electron chi connectivity index (χ1n) is 9.09. The van der Waals surface area contributed by atoms with E-state index in [1.807, 2.05) is 35.0 Å². The molecular formula is C21H21Cl2N3O. The quantitative estimate of drug-likeness (QED) is 0.624. The van der Waals surface area contributed by atoms with Gasteiger partial charge in [0.25, 0.3) is 0 Å². The maximum absolute atomic E-state index is 6.46. The van der Waals surface area contributed by atoms with E-state index >= 15 is 0 Å². The van der Waals surface area contributed by atoms with E-state index in [2.05, 4.69) is 11.4 Å². The number of benzene rings is 2. The first-order chi connectivity index (χ1) is 13.2. The monoisotopic (exact) mass is 401 g/mol. The Morgan fingerprint density at radius 1 is 1.15 bits per heavy atom. The summed E-state index contributed by atoms with van der Waals surface area (Å²) in [5.74, 6) is 1.89. The normalized spacial score (nSPS) is 13.6. The number of nitrogens with zero attached hydrogens (tertiary/aromatic N) is 2. The number of ether oxygens (including phenoxy) is 1. The Bertz CT molecular complexity index is 968. The summed E-state index contributed by atoms with van der Waals surface area (Å²) in [7, 11) is 1.70. The van der Waals surface area contributed by atoms with Crippen LogP contribution in [-0.4, -0.2) is 23.4 Å². The van der Waals surface area contributed by atoms with Crippen LogP contribution in [-0.2, 0) is 12.8 Å². The van der Waals surface area contributed by atoms with E-state index in [0.29, 0.717) is 16.5 Å². The van der Waals surface area contributed by atoms with E-state index in [0.717, 1.165) is 54.3 Å². The molecule has 0 spiro atoms. The van der Waals surface area contributed by atoms with Crippen LogP contribution in [0.15, 0.2) is 42.5 Å². The van der Waals surface area contributed by atoms with Crippen molar-refractivity contribution in [2.45, 2.75) is 25.7 Å². The van der Waals surface area contributed by atoms with Crippen molar-refractivity contribution in [2.24, 2.45) is 0 Å². The SMILES string of the molecule is COc1ccccc1Cc1nn(-c2cc(Cl)ccc2Cl)c2c1CCCCN2. The second-order valence-corrected chi connectivity index (χ2v) is 7.50. The molecule has 2 heterocycles. The number of fused-ring (bicyclic) bond motifs is 1. The fourth-order valence-corrected chi connectivity index (χ4v) is 3.93. The van der Waals surface area contributed by atoms with Crippen LogP contribution >= 0.6 is 23.2 Å². The highest BCUT2D eigenvalue weighted by atomic mass is 35.5. The van der Waals surface area contributed by atoms with Crippen LogP contribution in [0.5, 0.6) is 5.75 Å². The summed E-state index contributed by atoms with van der Waals surface area (Å²) in [6, 6.07) is 13.5. The third kappa shape index (κ3) is 3.64. The van der Waals surface area contributed by atoms with Gasteiger partial charge in [0.2, 0.25) is 0 Å². The van der Waals surface area contributed by atoms with E-state index in [4.69, 9.17) is 33.0 Å². The molecule has 0 saturated carbocycles. The molecule has 0 unspecified atom stereocenters. The lowest BCUT2D eigenvalue weighted by Crippen LogP contribution is -2.07. The van der Waals surface area contributed by atoms with E-state index in [1.165, 1.54) is 5.56 Å². The standard InChI is InChI=1S/C21H21Cl2N3O/c1-27-20-8-3-2-6-14(20)12-18-16-7-4-5-11-24-21(16)26(25-18)19-13-15(22)9-10-17(19)23/h2-3,6,8-10,13,24H,4-5,7,11-12H2,1H3. The Labute approximate surface area is 169 Å². The van der Waals surface area contributed by atoms with Crippen LogP contribution in [0.1, 0.15) is 29.7 Å². The first kappa shape index (κ1) is 18.2. The first-order valence-corrected chi connectivity index (χ1v) is 9.85. The van der Waals surface area contributed by atoms with Gasteiger partial charge in [0.05, 0.1) is 23.5 Å². The molecule has 0 radical (unpaired) electrons. The summed E-state index contributed by atoms with van der Waals surface area (Å²) in [5, 5.41) is 9.74.